The smallest absolute Gasteiger partial charge is 0.228 e. The maximum Gasteiger partial charge on any atom is 0.228 e. The number of carbonyl (C=O) groups is 1. The first-order valence-electron chi connectivity index (χ1n) is 8.05. The molecule has 1 amide bonds. The van der Waals surface area contributed by atoms with E-state index in [1.54, 1.807) is 18.0 Å². The van der Waals surface area contributed by atoms with Crippen molar-refractivity contribution in [2.45, 2.75) is 19.4 Å². The summed E-state index contributed by atoms with van der Waals surface area (Å²) in [5, 5.41) is 2.58. The summed E-state index contributed by atoms with van der Waals surface area (Å²) in [7, 11) is 1.81. The van der Waals surface area contributed by atoms with E-state index in [0.29, 0.717) is 5.69 Å². The second-order valence-electron chi connectivity index (χ2n) is 5.92. The quantitative estimate of drug-likeness (QED) is 0.665. The van der Waals surface area contributed by atoms with Crippen LogP contribution in [0.3, 0.4) is 0 Å². The summed E-state index contributed by atoms with van der Waals surface area (Å²) in [6.07, 6.45) is 0.236. The Morgan fingerprint density at radius 2 is 1.96 bits per heavy atom. The summed E-state index contributed by atoms with van der Waals surface area (Å²) in [4.78, 5) is 18.8. The van der Waals surface area contributed by atoms with Gasteiger partial charge >= 0.3 is 0 Å². The predicted octanol–water partition coefficient (Wildman–Crippen LogP) is 4.71. The molecular formula is C20H19FN2OS. The monoisotopic (exact) mass is 354 g/mol. The SMILES string of the molecule is CC(c1ccccc1)N(C)C(=O)Cc1csc(-c2cccc(F)c2)n1. The molecule has 0 aliphatic carbocycles. The number of benzene rings is 2. The first kappa shape index (κ1) is 17.3. The zero-order chi connectivity index (χ0) is 17.8. The van der Waals surface area contributed by atoms with Crippen LogP contribution < -0.4 is 0 Å². The predicted molar refractivity (Wildman–Crippen MR) is 98.8 cm³/mol. The van der Waals surface area contributed by atoms with E-state index in [0.717, 1.165) is 16.1 Å². The lowest BCUT2D eigenvalue weighted by molar-refractivity contribution is -0.131. The number of hydrogen-bond donors (Lipinski definition) is 0. The average Bonchev–Trinajstić information content (AvgIpc) is 3.09. The Morgan fingerprint density at radius 3 is 2.68 bits per heavy atom. The van der Waals surface area contributed by atoms with Gasteiger partial charge in [0.05, 0.1) is 18.2 Å². The maximum atomic E-state index is 13.3. The van der Waals surface area contributed by atoms with Gasteiger partial charge in [0.2, 0.25) is 5.91 Å². The summed E-state index contributed by atoms with van der Waals surface area (Å²) < 4.78 is 13.3. The molecule has 3 aromatic rings. The molecule has 0 aliphatic rings. The van der Waals surface area contributed by atoms with Crippen LogP contribution in [0.25, 0.3) is 10.6 Å². The molecule has 0 saturated heterocycles. The second-order valence-corrected chi connectivity index (χ2v) is 6.78. The Morgan fingerprint density at radius 1 is 1.20 bits per heavy atom. The number of rotatable bonds is 5. The highest BCUT2D eigenvalue weighted by molar-refractivity contribution is 7.13. The molecule has 0 aliphatic heterocycles. The van der Waals surface area contributed by atoms with Gasteiger partial charge in [0.25, 0.3) is 0 Å². The Hall–Kier alpha value is -2.53. The molecule has 0 saturated carbocycles. The Balaban J connectivity index is 1.69. The van der Waals surface area contributed by atoms with Gasteiger partial charge in [0.1, 0.15) is 10.8 Å². The number of aromatic nitrogens is 1. The minimum atomic E-state index is -0.290. The van der Waals surface area contributed by atoms with E-state index < -0.39 is 0 Å². The molecule has 0 fully saturated rings. The number of carbonyl (C=O) groups excluding carboxylic acids is 1. The zero-order valence-electron chi connectivity index (χ0n) is 14.1. The van der Waals surface area contributed by atoms with Crippen LogP contribution in [0, 0.1) is 5.82 Å². The van der Waals surface area contributed by atoms with Crippen molar-refractivity contribution in [1.82, 2.24) is 9.88 Å². The topological polar surface area (TPSA) is 33.2 Å². The number of halogens is 1. The van der Waals surface area contributed by atoms with E-state index in [9.17, 15) is 9.18 Å². The maximum absolute atomic E-state index is 13.3. The van der Waals surface area contributed by atoms with Crippen molar-refractivity contribution < 1.29 is 9.18 Å². The minimum Gasteiger partial charge on any atom is -0.339 e. The average molecular weight is 354 g/mol. The highest BCUT2D eigenvalue weighted by Crippen LogP contribution is 2.25. The van der Waals surface area contributed by atoms with E-state index in [-0.39, 0.29) is 24.2 Å². The fourth-order valence-electron chi connectivity index (χ4n) is 2.59. The fourth-order valence-corrected chi connectivity index (χ4v) is 3.41. The molecule has 1 aromatic heterocycles. The number of thiazole rings is 1. The molecule has 128 valence electrons. The molecule has 0 radical (unpaired) electrons. The third kappa shape index (κ3) is 4.12. The van der Waals surface area contributed by atoms with Crippen molar-refractivity contribution in [3.8, 4) is 10.6 Å². The highest BCUT2D eigenvalue weighted by atomic mass is 32.1. The number of amides is 1. The van der Waals surface area contributed by atoms with Gasteiger partial charge in [0, 0.05) is 18.0 Å². The van der Waals surface area contributed by atoms with Crippen molar-refractivity contribution >= 4 is 17.2 Å². The number of nitrogens with zero attached hydrogens (tertiary/aromatic N) is 2. The minimum absolute atomic E-state index is 0.00461. The van der Waals surface area contributed by atoms with Crippen LogP contribution in [0.1, 0.15) is 24.2 Å². The second kappa shape index (κ2) is 7.57. The van der Waals surface area contributed by atoms with Crippen LogP contribution in [0.15, 0.2) is 60.0 Å². The standard InChI is InChI=1S/C20H19FN2OS/c1-14(15-7-4-3-5-8-15)23(2)19(24)12-18-13-25-20(22-18)16-9-6-10-17(21)11-16/h3-11,13-14H,12H2,1-2H3. The Bertz CT molecular complexity index is 863. The fraction of sp³-hybridized carbons (Fsp3) is 0.200. The molecule has 25 heavy (non-hydrogen) atoms. The van der Waals surface area contributed by atoms with Crippen molar-refractivity contribution in [3.63, 3.8) is 0 Å². The normalized spacial score (nSPS) is 12.0. The summed E-state index contributed by atoms with van der Waals surface area (Å²) in [5.41, 5.74) is 2.54. The molecule has 0 bridgehead atoms. The van der Waals surface area contributed by atoms with E-state index in [1.165, 1.54) is 23.5 Å². The van der Waals surface area contributed by atoms with Gasteiger partial charge in [-0.15, -0.1) is 11.3 Å². The van der Waals surface area contributed by atoms with Gasteiger partial charge in [0.15, 0.2) is 0 Å². The first-order chi connectivity index (χ1) is 12.0. The largest absolute Gasteiger partial charge is 0.339 e. The van der Waals surface area contributed by atoms with Gasteiger partial charge in [-0.3, -0.25) is 4.79 Å². The third-order valence-electron chi connectivity index (χ3n) is 4.21. The van der Waals surface area contributed by atoms with E-state index in [2.05, 4.69) is 4.98 Å². The summed E-state index contributed by atoms with van der Waals surface area (Å²) in [5.74, 6) is -0.283. The molecular weight excluding hydrogens is 335 g/mol. The highest BCUT2D eigenvalue weighted by Gasteiger charge is 2.18. The van der Waals surface area contributed by atoms with E-state index >= 15 is 0 Å². The van der Waals surface area contributed by atoms with E-state index in [4.69, 9.17) is 0 Å². The van der Waals surface area contributed by atoms with Crippen LogP contribution in [0.5, 0.6) is 0 Å². The van der Waals surface area contributed by atoms with Gasteiger partial charge in [-0.1, -0.05) is 42.5 Å². The lowest BCUT2D eigenvalue weighted by atomic mass is 10.1. The molecule has 1 atom stereocenters. The van der Waals surface area contributed by atoms with Crippen LogP contribution in [0.2, 0.25) is 0 Å². The van der Waals surface area contributed by atoms with Gasteiger partial charge in [-0.25, -0.2) is 9.37 Å². The molecule has 0 spiro atoms. The lowest BCUT2D eigenvalue weighted by Gasteiger charge is -2.25. The van der Waals surface area contributed by atoms with Crippen molar-refractivity contribution in [1.29, 1.82) is 0 Å². The molecule has 3 nitrogen and oxygen atoms in total. The third-order valence-corrected chi connectivity index (χ3v) is 5.15. The van der Waals surface area contributed by atoms with Crippen molar-refractivity contribution in [3.05, 3.63) is 77.1 Å². The van der Waals surface area contributed by atoms with Crippen LogP contribution in [-0.2, 0) is 11.2 Å². The zero-order valence-corrected chi connectivity index (χ0v) is 15.0. The van der Waals surface area contributed by atoms with Crippen LogP contribution >= 0.6 is 11.3 Å². The molecule has 1 heterocycles. The number of likely N-dealkylation sites (N-methyl/N-ethyl adjacent to an activating group) is 1. The Labute approximate surface area is 150 Å². The first-order valence-corrected chi connectivity index (χ1v) is 8.93. The van der Waals surface area contributed by atoms with Crippen LogP contribution in [0.4, 0.5) is 4.39 Å². The van der Waals surface area contributed by atoms with Gasteiger partial charge in [-0.2, -0.15) is 0 Å². The van der Waals surface area contributed by atoms with Gasteiger partial charge in [-0.05, 0) is 24.6 Å². The summed E-state index contributed by atoms with van der Waals surface area (Å²) in [6, 6.07) is 16.2. The van der Waals surface area contributed by atoms with Crippen molar-refractivity contribution in [2.24, 2.45) is 0 Å². The summed E-state index contributed by atoms with van der Waals surface area (Å²) >= 11 is 1.42. The molecule has 2 aromatic carbocycles. The van der Waals surface area contributed by atoms with Crippen molar-refractivity contribution in [2.75, 3.05) is 7.05 Å². The van der Waals surface area contributed by atoms with Gasteiger partial charge < -0.3 is 4.90 Å². The van der Waals surface area contributed by atoms with E-state index in [1.807, 2.05) is 48.7 Å². The molecule has 5 heteroatoms. The van der Waals surface area contributed by atoms with Crippen LogP contribution in [-0.4, -0.2) is 22.8 Å². The summed E-state index contributed by atoms with van der Waals surface area (Å²) in [6.45, 7) is 2.01. The molecule has 3 rings (SSSR count). The molecule has 0 N–H and O–H groups in total. The number of hydrogen-bond acceptors (Lipinski definition) is 3. The lowest BCUT2D eigenvalue weighted by Crippen LogP contribution is -2.31. The molecule has 1 unspecified atom stereocenters. The Kier molecular flexibility index (Phi) is 5.24.